The Morgan fingerprint density at radius 3 is 2.46 bits per heavy atom. The standard InChI is InChI=1S/C35H35ClF3N3O4/c1-20(46-34-29(38)13-12-28(37)33(34)39)14-21-6-8-22(9-7-21)26-15-25-16-40-17-30(42(25)31(44)19-43)32(26)35(45)41(24-10-11-24)18-23-4-2-3-5-27(23)36/h2-9,12-13,20,24-25,30,40,43H,10-11,14-19H2,1H3/t20?,25-,30-/m1/s1. The lowest BCUT2D eigenvalue weighted by Gasteiger charge is -2.48. The molecule has 2 amide bonds. The Bertz CT molecular complexity index is 1660. The van der Waals surface area contributed by atoms with Crippen LogP contribution in [-0.4, -0.2) is 70.6 Å². The number of piperazine rings is 1. The van der Waals surface area contributed by atoms with Gasteiger partial charge in [0.15, 0.2) is 17.4 Å². The van der Waals surface area contributed by atoms with Crippen LogP contribution in [0.5, 0.6) is 5.75 Å². The lowest BCUT2D eigenvalue weighted by atomic mass is 9.81. The lowest BCUT2D eigenvalue weighted by molar-refractivity contribution is -0.141. The molecule has 2 aliphatic heterocycles. The number of nitrogens with one attached hydrogen (secondary N) is 1. The first-order valence-electron chi connectivity index (χ1n) is 15.5. The van der Waals surface area contributed by atoms with E-state index in [1.807, 2.05) is 47.4 Å². The van der Waals surface area contributed by atoms with Gasteiger partial charge in [0.05, 0.1) is 6.04 Å². The van der Waals surface area contributed by atoms with Gasteiger partial charge in [0.1, 0.15) is 12.7 Å². The molecule has 11 heteroatoms. The van der Waals surface area contributed by atoms with E-state index in [0.717, 1.165) is 41.2 Å². The predicted molar refractivity (Wildman–Crippen MR) is 167 cm³/mol. The molecule has 0 radical (unpaired) electrons. The molecule has 1 unspecified atom stereocenters. The molecule has 6 rings (SSSR count). The Kier molecular flexibility index (Phi) is 9.40. The molecule has 242 valence electrons. The summed E-state index contributed by atoms with van der Waals surface area (Å²) >= 11 is 6.49. The Balaban J connectivity index is 1.32. The summed E-state index contributed by atoms with van der Waals surface area (Å²) in [5, 5.41) is 13.8. The zero-order valence-electron chi connectivity index (χ0n) is 25.3. The summed E-state index contributed by atoms with van der Waals surface area (Å²) in [6.07, 6.45) is 1.80. The topological polar surface area (TPSA) is 82.1 Å². The summed E-state index contributed by atoms with van der Waals surface area (Å²) in [5.41, 5.74) is 3.84. The number of amides is 2. The summed E-state index contributed by atoms with van der Waals surface area (Å²) < 4.78 is 47.4. The Labute approximate surface area is 270 Å². The van der Waals surface area contributed by atoms with Crippen molar-refractivity contribution < 1.29 is 32.6 Å². The van der Waals surface area contributed by atoms with Crippen molar-refractivity contribution in [2.45, 2.75) is 63.4 Å². The summed E-state index contributed by atoms with van der Waals surface area (Å²) in [5.74, 6) is -4.87. The monoisotopic (exact) mass is 653 g/mol. The van der Waals surface area contributed by atoms with Crippen LogP contribution in [0.3, 0.4) is 0 Å². The van der Waals surface area contributed by atoms with Crippen LogP contribution in [0.4, 0.5) is 13.2 Å². The van der Waals surface area contributed by atoms with Crippen molar-refractivity contribution in [3.8, 4) is 5.75 Å². The molecular weight excluding hydrogens is 619 g/mol. The minimum Gasteiger partial charge on any atom is -0.484 e. The average Bonchev–Trinajstić information content (AvgIpc) is 3.89. The highest BCUT2D eigenvalue weighted by Crippen LogP contribution is 2.40. The molecule has 2 bridgehead atoms. The van der Waals surface area contributed by atoms with Gasteiger partial charge in [-0.1, -0.05) is 54.1 Å². The molecule has 3 aliphatic rings. The number of hydrogen-bond donors (Lipinski definition) is 2. The highest BCUT2D eigenvalue weighted by molar-refractivity contribution is 6.31. The fourth-order valence-corrected chi connectivity index (χ4v) is 6.75. The summed E-state index contributed by atoms with van der Waals surface area (Å²) in [6.45, 7) is 2.23. The Morgan fingerprint density at radius 1 is 1.04 bits per heavy atom. The molecule has 1 saturated carbocycles. The van der Waals surface area contributed by atoms with Crippen LogP contribution in [-0.2, 0) is 22.6 Å². The summed E-state index contributed by atoms with van der Waals surface area (Å²) in [7, 11) is 0. The van der Waals surface area contributed by atoms with E-state index in [1.165, 1.54) is 0 Å². The molecule has 3 aromatic carbocycles. The van der Waals surface area contributed by atoms with Crippen molar-refractivity contribution in [1.29, 1.82) is 0 Å². The molecule has 2 fully saturated rings. The first kappa shape index (κ1) is 32.1. The van der Waals surface area contributed by atoms with Crippen LogP contribution < -0.4 is 10.1 Å². The van der Waals surface area contributed by atoms with Gasteiger partial charge >= 0.3 is 0 Å². The van der Waals surface area contributed by atoms with Gasteiger partial charge in [-0.05, 0) is 66.6 Å². The van der Waals surface area contributed by atoms with E-state index in [-0.39, 0.29) is 18.0 Å². The van der Waals surface area contributed by atoms with Crippen LogP contribution in [0, 0.1) is 17.5 Å². The number of aliphatic hydroxyl groups excluding tert-OH is 1. The first-order valence-corrected chi connectivity index (χ1v) is 15.8. The van der Waals surface area contributed by atoms with Crippen molar-refractivity contribution in [2.24, 2.45) is 0 Å². The van der Waals surface area contributed by atoms with Gasteiger partial charge in [-0.15, -0.1) is 0 Å². The maximum atomic E-state index is 14.6. The SMILES string of the molecule is CC(Cc1ccc(C2=C(C(=O)N(Cc3ccccc3Cl)C3CC3)[C@H]3CNC[C@@H](C2)N3C(=O)CO)cc1)Oc1c(F)ccc(F)c1F. The molecule has 2 heterocycles. The first-order chi connectivity index (χ1) is 22.2. The van der Waals surface area contributed by atoms with Crippen molar-refractivity contribution >= 4 is 29.0 Å². The number of halogens is 4. The van der Waals surface area contributed by atoms with Crippen LogP contribution >= 0.6 is 11.6 Å². The van der Waals surface area contributed by atoms with Gasteiger partial charge in [-0.3, -0.25) is 9.59 Å². The molecule has 0 aromatic heterocycles. The van der Waals surface area contributed by atoms with Crippen molar-refractivity contribution in [2.75, 3.05) is 19.7 Å². The quantitative estimate of drug-likeness (QED) is 0.291. The fourth-order valence-electron chi connectivity index (χ4n) is 6.55. The smallest absolute Gasteiger partial charge is 0.252 e. The van der Waals surface area contributed by atoms with Crippen LogP contribution in [0.1, 0.15) is 42.9 Å². The maximum Gasteiger partial charge on any atom is 0.252 e. The molecule has 3 aromatic rings. The lowest BCUT2D eigenvalue weighted by Crippen LogP contribution is -2.64. The zero-order chi connectivity index (χ0) is 32.5. The summed E-state index contributed by atoms with van der Waals surface area (Å²) in [4.78, 5) is 31.1. The van der Waals surface area contributed by atoms with Gasteiger partial charge < -0.3 is 25.0 Å². The van der Waals surface area contributed by atoms with Crippen LogP contribution in [0.25, 0.3) is 5.57 Å². The highest BCUT2D eigenvalue weighted by atomic mass is 35.5. The number of carbonyl (C=O) groups is 2. The van der Waals surface area contributed by atoms with E-state index in [4.69, 9.17) is 16.3 Å². The molecule has 46 heavy (non-hydrogen) atoms. The molecular formula is C35H35ClF3N3O4. The molecule has 2 N–H and O–H groups in total. The van der Waals surface area contributed by atoms with E-state index in [0.29, 0.717) is 49.1 Å². The predicted octanol–water partition coefficient (Wildman–Crippen LogP) is 5.28. The number of benzene rings is 3. The van der Waals surface area contributed by atoms with E-state index < -0.39 is 47.9 Å². The molecule has 7 nitrogen and oxygen atoms in total. The number of ether oxygens (including phenoxy) is 1. The fraction of sp³-hybridized carbons (Fsp3) is 0.371. The third-order valence-corrected chi connectivity index (χ3v) is 9.26. The van der Waals surface area contributed by atoms with Crippen molar-refractivity contribution in [3.63, 3.8) is 0 Å². The molecule has 3 atom stereocenters. The van der Waals surface area contributed by atoms with Crippen LogP contribution in [0.2, 0.25) is 5.02 Å². The zero-order valence-corrected chi connectivity index (χ0v) is 26.1. The van der Waals surface area contributed by atoms with Gasteiger partial charge in [0, 0.05) is 48.7 Å². The molecule has 0 spiro atoms. The van der Waals surface area contributed by atoms with E-state index >= 15 is 0 Å². The third kappa shape index (κ3) is 6.52. The number of aliphatic hydroxyl groups is 1. The van der Waals surface area contributed by atoms with Crippen molar-refractivity contribution in [3.05, 3.63) is 105 Å². The van der Waals surface area contributed by atoms with Crippen molar-refractivity contribution in [1.82, 2.24) is 15.1 Å². The van der Waals surface area contributed by atoms with Crippen LogP contribution in [0.15, 0.2) is 66.2 Å². The van der Waals surface area contributed by atoms with Gasteiger partial charge in [0.25, 0.3) is 5.91 Å². The second-order valence-electron chi connectivity index (χ2n) is 12.1. The molecule has 1 aliphatic carbocycles. The van der Waals surface area contributed by atoms with E-state index in [1.54, 1.807) is 17.9 Å². The largest absolute Gasteiger partial charge is 0.484 e. The minimum absolute atomic E-state index is 0.0606. The number of hydrogen-bond acceptors (Lipinski definition) is 5. The van der Waals surface area contributed by atoms with E-state index in [9.17, 15) is 27.9 Å². The number of rotatable bonds is 10. The highest BCUT2D eigenvalue weighted by Gasteiger charge is 2.46. The molecule has 1 saturated heterocycles. The third-order valence-electron chi connectivity index (χ3n) is 8.89. The second-order valence-corrected chi connectivity index (χ2v) is 12.5. The normalized spacial score (nSPS) is 20.0. The average molecular weight is 654 g/mol. The maximum absolute atomic E-state index is 14.6. The number of fused-ring (bicyclic) bond motifs is 2. The Hall–Kier alpha value is -3.86. The summed E-state index contributed by atoms with van der Waals surface area (Å²) in [6, 6.07) is 15.8. The minimum atomic E-state index is -1.37. The van der Waals surface area contributed by atoms with Gasteiger partial charge in [-0.2, -0.15) is 4.39 Å². The Morgan fingerprint density at radius 2 is 1.76 bits per heavy atom. The number of carbonyl (C=O) groups excluding carboxylic acids is 2. The van der Waals surface area contributed by atoms with Gasteiger partial charge in [0.2, 0.25) is 11.7 Å². The second kappa shape index (κ2) is 13.5. The van der Waals surface area contributed by atoms with Gasteiger partial charge in [-0.25, -0.2) is 8.78 Å². The van der Waals surface area contributed by atoms with E-state index in [2.05, 4.69) is 5.32 Å². The number of nitrogens with zero attached hydrogens (tertiary/aromatic N) is 2.